The monoisotopic (exact) mass is 367 g/mol. The lowest BCUT2D eigenvalue weighted by molar-refractivity contribution is -0.117. The third kappa shape index (κ3) is 3.65. The third-order valence-corrected chi connectivity index (χ3v) is 5.06. The molecular weight excluding hydrogens is 346 g/mol. The van der Waals surface area contributed by atoms with Gasteiger partial charge in [-0.25, -0.2) is 4.98 Å². The van der Waals surface area contributed by atoms with Gasteiger partial charge in [-0.15, -0.1) is 0 Å². The molecule has 0 aliphatic rings. The SMILES string of the molecule is CC(C)c1ccccc1-n1c(SCCC(N)=O)nc2ccccc2c1=O. The average Bonchev–Trinajstić information content (AvgIpc) is 2.62. The Balaban J connectivity index is 2.23. The lowest BCUT2D eigenvalue weighted by atomic mass is 10.0. The van der Waals surface area contributed by atoms with Crippen LogP contribution in [0.25, 0.3) is 16.6 Å². The van der Waals surface area contributed by atoms with Crippen molar-refractivity contribution in [2.75, 3.05) is 5.75 Å². The number of hydrogen-bond donors (Lipinski definition) is 1. The molecule has 0 saturated heterocycles. The maximum Gasteiger partial charge on any atom is 0.266 e. The summed E-state index contributed by atoms with van der Waals surface area (Å²) in [6.07, 6.45) is 0.235. The topological polar surface area (TPSA) is 78.0 Å². The number of thioether (sulfide) groups is 1. The second-order valence-corrected chi connectivity index (χ2v) is 7.39. The Morgan fingerprint density at radius 3 is 2.58 bits per heavy atom. The van der Waals surface area contributed by atoms with E-state index in [1.807, 2.05) is 42.5 Å². The molecule has 2 aromatic carbocycles. The van der Waals surface area contributed by atoms with Gasteiger partial charge >= 0.3 is 0 Å². The first kappa shape index (κ1) is 18.2. The lowest BCUT2D eigenvalue weighted by Gasteiger charge is -2.18. The molecule has 1 amide bonds. The second kappa shape index (κ2) is 7.74. The van der Waals surface area contributed by atoms with Gasteiger partial charge in [0.2, 0.25) is 5.91 Å². The first-order valence-electron chi connectivity index (χ1n) is 8.51. The minimum absolute atomic E-state index is 0.106. The van der Waals surface area contributed by atoms with Crippen LogP contribution in [0.1, 0.15) is 31.7 Å². The summed E-state index contributed by atoms with van der Waals surface area (Å²) in [4.78, 5) is 29.0. The molecule has 2 N–H and O–H groups in total. The number of nitrogens with zero attached hydrogens (tertiary/aromatic N) is 2. The number of fused-ring (bicyclic) bond motifs is 1. The van der Waals surface area contributed by atoms with Crippen molar-refractivity contribution in [3.63, 3.8) is 0 Å². The molecule has 26 heavy (non-hydrogen) atoms. The number of carbonyl (C=O) groups is 1. The van der Waals surface area contributed by atoms with Gasteiger partial charge < -0.3 is 5.73 Å². The van der Waals surface area contributed by atoms with Crippen molar-refractivity contribution in [1.29, 1.82) is 0 Å². The van der Waals surface area contributed by atoms with Crippen LogP contribution in [0.3, 0.4) is 0 Å². The van der Waals surface area contributed by atoms with E-state index in [9.17, 15) is 9.59 Å². The zero-order valence-electron chi connectivity index (χ0n) is 14.8. The third-order valence-electron chi connectivity index (χ3n) is 4.12. The minimum atomic E-state index is -0.366. The average molecular weight is 367 g/mol. The highest BCUT2D eigenvalue weighted by Crippen LogP contribution is 2.27. The van der Waals surface area contributed by atoms with E-state index in [1.165, 1.54) is 11.8 Å². The lowest BCUT2D eigenvalue weighted by Crippen LogP contribution is -2.23. The minimum Gasteiger partial charge on any atom is -0.370 e. The number of primary amides is 1. The number of benzene rings is 2. The van der Waals surface area contributed by atoms with Crippen LogP contribution in [0.4, 0.5) is 0 Å². The van der Waals surface area contributed by atoms with Gasteiger partial charge in [0.15, 0.2) is 5.16 Å². The molecule has 0 fully saturated rings. The van der Waals surface area contributed by atoms with Gasteiger partial charge in [-0.05, 0) is 29.7 Å². The summed E-state index contributed by atoms with van der Waals surface area (Å²) < 4.78 is 1.66. The van der Waals surface area contributed by atoms with Crippen molar-refractivity contribution < 1.29 is 4.79 Å². The Labute approximate surface area is 156 Å². The second-order valence-electron chi connectivity index (χ2n) is 6.33. The predicted molar refractivity (Wildman–Crippen MR) is 106 cm³/mol. The van der Waals surface area contributed by atoms with Crippen LogP contribution >= 0.6 is 11.8 Å². The summed E-state index contributed by atoms with van der Waals surface area (Å²) >= 11 is 1.37. The number of carbonyl (C=O) groups excluding carboxylic acids is 1. The molecular formula is C20H21N3O2S. The molecule has 0 saturated carbocycles. The first-order valence-corrected chi connectivity index (χ1v) is 9.49. The molecule has 5 nitrogen and oxygen atoms in total. The van der Waals surface area contributed by atoms with Crippen molar-refractivity contribution >= 4 is 28.6 Å². The van der Waals surface area contributed by atoms with Gasteiger partial charge in [-0.1, -0.05) is 55.9 Å². The number of hydrogen-bond acceptors (Lipinski definition) is 4. The number of para-hydroxylation sites is 2. The Morgan fingerprint density at radius 2 is 1.85 bits per heavy atom. The van der Waals surface area contributed by atoms with E-state index in [4.69, 9.17) is 5.73 Å². The van der Waals surface area contributed by atoms with Crippen LogP contribution in [-0.4, -0.2) is 21.2 Å². The van der Waals surface area contributed by atoms with Crippen LogP contribution in [0.5, 0.6) is 0 Å². The largest absolute Gasteiger partial charge is 0.370 e. The Morgan fingerprint density at radius 1 is 1.15 bits per heavy atom. The maximum absolute atomic E-state index is 13.2. The number of amides is 1. The predicted octanol–water partition coefficient (Wildman–Crippen LogP) is 3.48. The highest BCUT2D eigenvalue weighted by molar-refractivity contribution is 7.99. The molecule has 0 aliphatic carbocycles. The van der Waals surface area contributed by atoms with E-state index in [2.05, 4.69) is 18.8 Å². The summed E-state index contributed by atoms with van der Waals surface area (Å²) in [6, 6.07) is 15.2. The zero-order valence-corrected chi connectivity index (χ0v) is 15.6. The zero-order chi connectivity index (χ0) is 18.7. The maximum atomic E-state index is 13.2. The van der Waals surface area contributed by atoms with Crippen LogP contribution in [0, 0.1) is 0 Å². The van der Waals surface area contributed by atoms with E-state index in [0.29, 0.717) is 21.8 Å². The molecule has 3 rings (SSSR count). The van der Waals surface area contributed by atoms with E-state index >= 15 is 0 Å². The molecule has 0 atom stereocenters. The van der Waals surface area contributed by atoms with E-state index < -0.39 is 0 Å². The molecule has 134 valence electrons. The fraction of sp³-hybridized carbons (Fsp3) is 0.250. The number of rotatable bonds is 6. The fourth-order valence-corrected chi connectivity index (χ4v) is 3.80. The summed E-state index contributed by atoms with van der Waals surface area (Å²) in [5.74, 6) is 0.368. The number of nitrogens with two attached hydrogens (primary N) is 1. The van der Waals surface area contributed by atoms with Crippen molar-refractivity contribution in [3.05, 3.63) is 64.4 Å². The van der Waals surface area contributed by atoms with Crippen molar-refractivity contribution in [3.8, 4) is 5.69 Å². The highest BCUT2D eigenvalue weighted by atomic mass is 32.2. The Kier molecular flexibility index (Phi) is 5.42. The quantitative estimate of drug-likeness (QED) is 0.534. The van der Waals surface area contributed by atoms with E-state index in [1.54, 1.807) is 10.6 Å². The van der Waals surface area contributed by atoms with Crippen LogP contribution in [-0.2, 0) is 4.79 Å². The molecule has 0 radical (unpaired) electrons. The molecule has 1 heterocycles. The van der Waals surface area contributed by atoms with E-state index in [-0.39, 0.29) is 23.8 Å². The molecule has 0 aliphatic heterocycles. The molecule has 0 spiro atoms. The molecule has 0 unspecified atom stereocenters. The van der Waals surface area contributed by atoms with Crippen molar-refractivity contribution in [2.24, 2.45) is 5.73 Å². The van der Waals surface area contributed by atoms with Crippen LogP contribution in [0.2, 0.25) is 0 Å². The van der Waals surface area contributed by atoms with Crippen molar-refractivity contribution in [2.45, 2.75) is 31.3 Å². The van der Waals surface area contributed by atoms with Gasteiger partial charge in [0.05, 0.1) is 16.6 Å². The smallest absolute Gasteiger partial charge is 0.266 e. The highest BCUT2D eigenvalue weighted by Gasteiger charge is 2.17. The summed E-state index contributed by atoms with van der Waals surface area (Å²) in [6.45, 7) is 4.19. The summed E-state index contributed by atoms with van der Waals surface area (Å²) in [7, 11) is 0. The molecule has 1 aromatic heterocycles. The van der Waals surface area contributed by atoms with Gasteiger partial charge in [0.1, 0.15) is 0 Å². The molecule has 6 heteroatoms. The van der Waals surface area contributed by atoms with Gasteiger partial charge in [0.25, 0.3) is 5.56 Å². The summed E-state index contributed by atoms with van der Waals surface area (Å²) in [5.41, 5.74) is 7.69. The van der Waals surface area contributed by atoms with Crippen LogP contribution in [0.15, 0.2) is 58.5 Å². The Bertz CT molecular complexity index is 1010. The Hall–Kier alpha value is -2.60. The normalized spacial score (nSPS) is 11.2. The van der Waals surface area contributed by atoms with Crippen molar-refractivity contribution in [1.82, 2.24) is 9.55 Å². The molecule has 3 aromatic rings. The summed E-state index contributed by atoms with van der Waals surface area (Å²) in [5, 5.41) is 1.15. The number of aromatic nitrogens is 2. The van der Waals surface area contributed by atoms with Crippen LogP contribution < -0.4 is 11.3 Å². The van der Waals surface area contributed by atoms with E-state index in [0.717, 1.165) is 11.3 Å². The van der Waals surface area contributed by atoms with Gasteiger partial charge in [-0.3, -0.25) is 14.2 Å². The standard InChI is InChI=1S/C20H21N3O2S/c1-13(2)14-7-4-6-10-17(14)23-19(25)15-8-3-5-9-16(15)22-20(23)26-12-11-18(21)24/h3-10,13H,11-12H2,1-2H3,(H2,21,24). The first-order chi connectivity index (χ1) is 12.5. The molecule has 0 bridgehead atoms. The van der Waals surface area contributed by atoms with Gasteiger partial charge in [0, 0.05) is 12.2 Å². The fourth-order valence-electron chi connectivity index (χ4n) is 2.84. The van der Waals surface area contributed by atoms with Gasteiger partial charge in [-0.2, -0.15) is 0 Å².